The summed E-state index contributed by atoms with van der Waals surface area (Å²) in [6.45, 7) is 4.49. The van der Waals surface area contributed by atoms with Crippen molar-refractivity contribution in [3.63, 3.8) is 0 Å². The van der Waals surface area contributed by atoms with Gasteiger partial charge in [0.05, 0.1) is 15.8 Å². The first-order valence-electron chi connectivity index (χ1n) is 10.4. The Hall–Kier alpha value is -4.27. The number of nitro groups is 2. The van der Waals surface area contributed by atoms with Crippen LogP contribution in [-0.2, 0) is 4.79 Å². The fourth-order valence-electron chi connectivity index (χ4n) is 3.67. The molecule has 3 rings (SSSR count). The molecule has 170 valence electrons. The van der Waals surface area contributed by atoms with Crippen LogP contribution < -0.4 is 4.74 Å². The van der Waals surface area contributed by atoms with E-state index in [1.165, 1.54) is 30.3 Å². The minimum absolute atomic E-state index is 0.00606. The van der Waals surface area contributed by atoms with Crippen LogP contribution in [0.4, 0.5) is 11.4 Å². The first kappa shape index (κ1) is 23.4. The highest BCUT2D eigenvalue weighted by Gasteiger charge is 2.34. The molecule has 0 aromatic heterocycles. The van der Waals surface area contributed by atoms with E-state index in [0.717, 1.165) is 0 Å². The van der Waals surface area contributed by atoms with Crippen LogP contribution in [0, 0.1) is 20.2 Å². The number of likely N-dealkylation sites (N-methyl/N-ethyl adjacent to an activating group) is 1. The summed E-state index contributed by atoms with van der Waals surface area (Å²) in [7, 11) is 0. The third kappa shape index (κ3) is 4.98. The number of carbonyl (C=O) groups excluding carboxylic acids is 1. The van der Waals surface area contributed by atoms with E-state index in [4.69, 9.17) is 4.74 Å². The zero-order valence-electron chi connectivity index (χ0n) is 18.2. The van der Waals surface area contributed by atoms with E-state index in [9.17, 15) is 25.0 Å². The van der Waals surface area contributed by atoms with Crippen LogP contribution in [0.3, 0.4) is 0 Å². The number of nitro benzene ring substituents is 2. The smallest absolute Gasteiger partial charge is 0.311 e. The van der Waals surface area contributed by atoms with Crippen molar-refractivity contribution >= 4 is 17.3 Å². The summed E-state index contributed by atoms with van der Waals surface area (Å²) in [4.78, 5) is 37.3. The summed E-state index contributed by atoms with van der Waals surface area (Å²) in [5, 5.41) is 23.2. The van der Waals surface area contributed by atoms with E-state index in [1.807, 2.05) is 13.8 Å². The molecule has 9 heteroatoms. The topological polar surface area (TPSA) is 116 Å². The van der Waals surface area contributed by atoms with Crippen molar-refractivity contribution in [1.29, 1.82) is 0 Å². The third-order valence-corrected chi connectivity index (χ3v) is 5.28. The number of hydrogen-bond donors (Lipinski definition) is 0. The second kappa shape index (κ2) is 10.4. The lowest BCUT2D eigenvalue weighted by atomic mass is 9.88. The maximum absolute atomic E-state index is 13.6. The zero-order valence-corrected chi connectivity index (χ0v) is 18.2. The maximum atomic E-state index is 13.6. The molecule has 1 amide bonds. The highest BCUT2D eigenvalue weighted by molar-refractivity contribution is 5.89. The molecule has 0 aliphatic heterocycles. The molecule has 0 aliphatic rings. The van der Waals surface area contributed by atoms with Gasteiger partial charge in [-0.25, -0.2) is 0 Å². The molecule has 0 radical (unpaired) electrons. The lowest BCUT2D eigenvalue weighted by molar-refractivity contribution is -0.385. The Kier molecular flexibility index (Phi) is 7.34. The molecule has 0 bridgehead atoms. The van der Waals surface area contributed by atoms with Gasteiger partial charge >= 0.3 is 5.69 Å². The summed E-state index contributed by atoms with van der Waals surface area (Å²) in [6, 6.07) is 18.6. The lowest BCUT2D eigenvalue weighted by Gasteiger charge is -2.26. The van der Waals surface area contributed by atoms with Gasteiger partial charge in [-0.15, -0.1) is 0 Å². The monoisotopic (exact) mass is 449 g/mol. The van der Waals surface area contributed by atoms with Gasteiger partial charge in [0.15, 0.2) is 0 Å². The highest BCUT2D eigenvalue weighted by Crippen LogP contribution is 2.40. The number of amides is 1. The molecule has 0 spiro atoms. The molecular weight excluding hydrogens is 426 g/mol. The van der Waals surface area contributed by atoms with E-state index >= 15 is 0 Å². The lowest BCUT2D eigenvalue weighted by Crippen LogP contribution is -2.35. The Morgan fingerprint density at radius 3 is 1.85 bits per heavy atom. The molecule has 1 unspecified atom stereocenters. The van der Waals surface area contributed by atoms with Crippen LogP contribution in [0.2, 0.25) is 0 Å². The van der Waals surface area contributed by atoms with Gasteiger partial charge in [0, 0.05) is 36.3 Å². The van der Waals surface area contributed by atoms with Crippen LogP contribution in [0.1, 0.15) is 30.9 Å². The average molecular weight is 449 g/mol. The summed E-state index contributed by atoms with van der Waals surface area (Å²) in [5.74, 6) is -1.15. The van der Waals surface area contributed by atoms with E-state index in [0.29, 0.717) is 18.7 Å². The molecule has 1 atom stereocenters. The molecule has 0 fully saturated rings. The normalized spacial score (nSPS) is 11.5. The van der Waals surface area contributed by atoms with E-state index < -0.39 is 15.8 Å². The Labute approximate surface area is 190 Å². The predicted octanol–water partition coefficient (Wildman–Crippen LogP) is 5.30. The van der Waals surface area contributed by atoms with Gasteiger partial charge in [-0.3, -0.25) is 25.0 Å². The van der Waals surface area contributed by atoms with Crippen molar-refractivity contribution in [3.05, 3.63) is 104 Å². The molecule has 0 saturated carbocycles. The first-order valence-corrected chi connectivity index (χ1v) is 10.4. The van der Waals surface area contributed by atoms with Crippen LogP contribution in [0.15, 0.2) is 72.8 Å². The molecule has 0 N–H and O–H groups in total. The first-order chi connectivity index (χ1) is 15.9. The molecule has 0 saturated heterocycles. The van der Waals surface area contributed by atoms with Crippen molar-refractivity contribution in [2.75, 3.05) is 13.1 Å². The largest absolute Gasteiger partial charge is 0.450 e. The molecule has 33 heavy (non-hydrogen) atoms. The van der Waals surface area contributed by atoms with Crippen molar-refractivity contribution in [1.82, 2.24) is 4.90 Å². The maximum Gasteiger partial charge on any atom is 0.311 e. The number of rotatable bonds is 9. The van der Waals surface area contributed by atoms with Crippen LogP contribution >= 0.6 is 0 Å². The zero-order chi connectivity index (χ0) is 24.0. The molecule has 0 aliphatic carbocycles. The van der Waals surface area contributed by atoms with E-state index in [1.54, 1.807) is 47.4 Å². The van der Waals surface area contributed by atoms with Gasteiger partial charge in [-0.1, -0.05) is 48.5 Å². The van der Waals surface area contributed by atoms with E-state index in [2.05, 4.69) is 0 Å². The minimum atomic E-state index is -1.04. The summed E-state index contributed by atoms with van der Waals surface area (Å²) in [5.41, 5.74) is 0.174. The van der Waals surface area contributed by atoms with Crippen LogP contribution in [0.25, 0.3) is 0 Å². The third-order valence-electron chi connectivity index (χ3n) is 5.28. The van der Waals surface area contributed by atoms with Gasteiger partial charge in [-0.05, 0) is 26.0 Å². The molecule has 0 heterocycles. The number of nitrogens with zero attached hydrogens (tertiary/aromatic N) is 3. The average Bonchev–Trinajstić information content (AvgIpc) is 2.81. The predicted molar refractivity (Wildman–Crippen MR) is 122 cm³/mol. The SMILES string of the molecule is CCN(CC)C(=O)C(c1ccccc1Oc1ccccc1[N+](=O)[O-])c1ccccc1[N+](=O)[O-]. The minimum Gasteiger partial charge on any atom is -0.450 e. The summed E-state index contributed by atoms with van der Waals surface area (Å²) >= 11 is 0. The van der Waals surface area contributed by atoms with Gasteiger partial charge in [0.2, 0.25) is 11.7 Å². The Morgan fingerprint density at radius 2 is 1.27 bits per heavy atom. The number of hydrogen-bond acceptors (Lipinski definition) is 6. The Morgan fingerprint density at radius 1 is 0.788 bits per heavy atom. The standard InChI is InChI=1S/C24H23N3O6/c1-3-25(4-2)24(28)23(17-11-5-7-13-19(17)26(29)30)18-12-6-9-15-21(18)33-22-16-10-8-14-20(22)27(31)32/h5-16,23H,3-4H2,1-2H3. The van der Waals surface area contributed by atoms with E-state index in [-0.39, 0.29) is 34.3 Å². The van der Waals surface area contributed by atoms with Gasteiger partial charge in [-0.2, -0.15) is 0 Å². The number of ether oxygens (including phenoxy) is 1. The summed E-state index contributed by atoms with van der Waals surface area (Å²) < 4.78 is 5.92. The Balaban J connectivity index is 2.20. The molecular formula is C24H23N3O6. The van der Waals surface area contributed by atoms with Crippen molar-refractivity contribution in [2.45, 2.75) is 19.8 Å². The van der Waals surface area contributed by atoms with Gasteiger partial charge < -0.3 is 9.64 Å². The molecule has 9 nitrogen and oxygen atoms in total. The van der Waals surface area contributed by atoms with Crippen LogP contribution in [-0.4, -0.2) is 33.7 Å². The molecule has 3 aromatic carbocycles. The van der Waals surface area contributed by atoms with Crippen LogP contribution in [0.5, 0.6) is 11.5 Å². The molecule has 3 aromatic rings. The number of para-hydroxylation sites is 4. The number of benzene rings is 3. The fourth-order valence-corrected chi connectivity index (χ4v) is 3.67. The second-order valence-electron chi connectivity index (χ2n) is 7.12. The second-order valence-corrected chi connectivity index (χ2v) is 7.12. The van der Waals surface area contributed by atoms with Crippen molar-refractivity contribution in [3.8, 4) is 11.5 Å². The number of carbonyl (C=O) groups is 1. The van der Waals surface area contributed by atoms with Crippen molar-refractivity contribution < 1.29 is 19.4 Å². The highest BCUT2D eigenvalue weighted by atomic mass is 16.6. The van der Waals surface area contributed by atoms with Crippen molar-refractivity contribution in [2.24, 2.45) is 0 Å². The quantitative estimate of drug-likeness (QED) is 0.323. The fraction of sp³-hybridized carbons (Fsp3) is 0.208. The Bertz CT molecular complexity index is 1180. The van der Waals surface area contributed by atoms with Gasteiger partial charge in [0.1, 0.15) is 5.75 Å². The van der Waals surface area contributed by atoms with Gasteiger partial charge in [0.25, 0.3) is 5.69 Å². The summed E-state index contributed by atoms with van der Waals surface area (Å²) in [6.07, 6.45) is 0.